The summed E-state index contributed by atoms with van der Waals surface area (Å²) in [5.74, 6) is -1.88. The van der Waals surface area contributed by atoms with E-state index in [1.807, 2.05) is 0 Å². The molecule has 1 saturated heterocycles. The van der Waals surface area contributed by atoms with Crippen LogP contribution in [0.5, 0.6) is 0 Å². The van der Waals surface area contributed by atoms with Gasteiger partial charge in [-0.25, -0.2) is 4.39 Å². The molecule has 1 aromatic carbocycles. The molecule has 1 fully saturated rings. The van der Waals surface area contributed by atoms with Crippen LogP contribution in [0.25, 0.3) is 0 Å². The lowest BCUT2D eigenvalue weighted by Crippen LogP contribution is -2.52. The minimum atomic E-state index is -0.761. The number of rotatable bonds is 1. The number of nitrogens with one attached hydrogen (secondary N) is 1. The molecule has 1 aromatic rings. The van der Waals surface area contributed by atoms with Gasteiger partial charge in [0.2, 0.25) is 11.8 Å². The van der Waals surface area contributed by atoms with Gasteiger partial charge in [-0.3, -0.25) is 19.7 Å². The lowest BCUT2D eigenvalue weighted by molar-refractivity contribution is -0.136. The standard InChI is InChI=1S/C13H10ClFN2O3/c14-7-1-2-8(15)6-5-17(13(20)11(6)7)9-3-4-10(18)16-12(9)19/h1-2,9H,3-5H2,(H,16,18,19). The van der Waals surface area contributed by atoms with Gasteiger partial charge < -0.3 is 4.90 Å². The molecule has 0 radical (unpaired) electrons. The van der Waals surface area contributed by atoms with E-state index in [9.17, 15) is 18.8 Å². The molecule has 1 unspecified atom stereocenters. The molecule has 0 bridgehead atoms. The molecule has 2 heterocycles. The summed E-state index contributed by atoms with van der Waals surface area (Å²) in [6, 6.07) is 1.76. The first kappa shape index (κ1) is 13.1. The Morgan fingerprint density at radius 2 is 2.05 bits per heavy atom. The van der Waals surface area contributed by atoms with Crippen LogP contribution in [-0.4, -0.2) is 28.7 Å². The molecular weight excluding hydrogens is 287 g/mol. The van der Waals surface area contributed by atoms with Gasteiger partial charge in [-0.1, -0.05) is 11.6 Å². The molecule has 0 saturated carbocycles. The second-order valence-electron chi connectivity index (χ2n) is 4.78. The first-order chi connectivity index (χ1) is 9.49. The lowest BCUT2D eigenvalue weighted by atomic mass is 10.0. The van der Waals surface area contributed by atoms with Crippen LogP contribution in [0.1, 0.15) is 28.8 Å². The van der Waals surface area contributed by atoms with E-state index in [1.165, 1.54) is 17.0 Å². The van der Waals surface area contributed by atoms with Crippen molar-refractivity contribution in [3.63, 3.8) is 0 Å². The van der Waals surface area contributed by atoms with Crippen molar-refractivity contribution in [1.82, 2.24) is 10.2 Å². The number of fused-ring (bicyclic) bond motifs is 1. The van der Waals surface area contributed by atoms with Crippen LogP contribution in [0, 0.1) is 5.82 Å². The maximum Gasteiger partial charge on any atom is 0.256 e. The van der Waals surface area contributed by atoms with Crippen LogP contribution in [-0.2, 0) is 16.1 Å². The number of imide groups is 1. The number of carbonyl (C=O) groups is 3. The number of carbonyl (C=O) groups excluding carboxylic acids is 3. The Hall–Kier alpha value is -1.95. The molecule has 0 spiro atoms. The van der Waals surface area contributed by atoms with Crippen LogP contribution < -0.4 is 5.32 Å². The number of halogens is 2. The van der Waals surface area contributed by atoms with E-state index in [0.29, 0.717) is 0 Å². The summed E-state index contributed by atoms with van der Waals surface area (Å²) in [4.78, 5) is 36.5. The average Bonchev–Trinajstić information content (AvgIpc) is 2.73. The smallest absolute Gasteiger partial charge is 0.256 e. The highest BCUT2D eigenvalue weighted by Crippen LogP contribution is 2.33. The van der Waals surface area contributed by atoms with Gasteiger partial charge in [0, 0.05) is 12.0 Å². The Labute approximate surface area is 118 Å². The lowest BCUT2D eigenvalue weighted by Gasteiger charge is -2.29. The van der Waals surface area contributed by atoms with Gasteiger partial charge in [-0.2, -0.15) is 0 Å². The topological polar surface area (TPSA) is 66.5 Å². The fourth-order valence-electron chi connectivity index (χ4n) is 2.60. The van der Waals surface area contributed by atoms with Gasteiger partial charge in [-0.05, 0) is 18.6 Å². The minimum Gasteiger partial charge on any atom is -0.322 e. The van der Waals surface area contributed by atoms with Gasteiger partial charge in [0.05, 0.1) is 17.1 Å². The third kappa shape index (κ3) is 1.87. The number of hydrogen-bond acceptors (Lipinski definition) is 3. The first-order valence-electron chi connectivity index (χ1n) is 6.10. The number of hydrogen-bond donors (Lipinski definition) is 1. The van der Waals surface area contributed by atoms with Gasteiger partial charge in [0.25, 0.3) is 5.91 Å². The normalized spacial score (nSPS) is 22.0. The summed E-state index contributed by atoms with van der Waals surface area (Å²) in [5.41, 5.74) is 0.309. The van der Waals surface area contributed by atoms with Crippen LogP contribution in [0.15, 0.2) is 12.1 Å². The zero-order valence-corrected chi connectivity index (χ0v) is 11.0. The Morgan fingerprint density at radius 3 is 2.70 bits per heavy atom. The zero-order valence-electron chi connectivity index (χ0n) is 10.3. The highest BCUT2D eigenvalue weighted by molar-refractivity contribution is 6.34. The third-order valence-electron chi connectivity index (χ3n) is 3.59. The Balaban J connectivity index is 1.94. The molecule has 5 nitrogen and oxygen atoms in total. The summed E-state index contributed by atoms with van der Waals surface area (Å²) in [6.45, 7) is -0.00711. The van der Waals surface area contributed by atoms with Crippen molar-refractivity contribution in [2.45, 2.75) is 25.4 Å². The Bertz CT molecular complexity index is 647. The van der Waals surface area contributed by atoms with Crippen LogP contribution in [0.2, 0.25) is 5.02 Å². The largest absolute Gasteiger partial charge is 0.322 e. The second kappa shape index (κ2) is 4.56. The number of benzene rings is 1. The summed E-state index contributed by atoms with van der Waals surface area (Å²) in [6.07, 6.45) is 0.399. The number of nitrogens with zero attached hydrogens (tertiary/aromatic N) is 1. The molecular formula is C13H10ClFN2O3. The Morgan fingerprint density at radius 1 is 1.30 bits per heavy atom. The molecule has 0 aromatic heterocycles. The fraction of sp³-hybridized carbons (Fsp3) is 0.308. The highest BCUT2D eigenvalue weighted by atomic mass is 35.5. The zero-order chi connectivity index (χ0) is 14.4. The second-order valence-corrected chi connectivity index (χ2v) is 5.19. The highest BCUT2D eigenvalue weighted by Gasteiger charge is 2.41. The van der Waals surface area contributed by atoms with Gasteiger partial charge >= 0.3 is 0 Å². The molecule has 2 aliphatic rings. The third-order valence-corrected chi connectivity index (χ3v) is 3.91. The van der Waals surface area contributed by atoms with Crippen molar-refractivity contribution in [2.24, 2.45) is 0 Å². The van der Waals surface area contributed by atoms with Crippen molar-refractivity contribution in [3.8, 4) is 0 Å². The van der Waals surface area contributed by atoms with Crippen molar-refractivity contribution in [1.29, 1.82) is 0 Å². The Kier molecular flexibility index (Phi) is 2.97. The van der Waals surface area contributed by atoms with E-state index in [0.717, 1.165) is 0 Å². The van der Waals surface area contributed by atoms with E-state index >= 15 is 0 Å². The fourth-order valence-corrected chi connectivity index (χ4v) is 2.85. The van der Waals surface area contributed by atoms with E-state index < -0.39 is 23.7 Å². The van der Waals surface area contributed by atoms with E-state index in [-0.39, 0.29) is 41.4 Å². The SMILES string of the molecule is O=C1CCC(N2Cc3c(F)ccc(Cl)c3C2=O)C(=O)N1. The molecule has 3 amide bonds. The van der Waals surface area contributed by atoms with Crippen molar-refractivity contribution >= 4 is 29.3 Å². The van der Waals surface area contributed by atoms with Gasteiger partial charge in [0.1, 0.15) is 11.9 Å². The monoisotopic (exact) mass is 296 g/mol. The number of piperidine rings is 1. The summed E-state index contributed by atoms with van der Waals surface area (Å²) in [7, 11) is 0. The van der Waals surface area contributed by atoms with E-state index in [4.69, 9.17) is 11.6 Å². The summed E-state index contributed by atoms with van der Waals surface area (Å²) >= 11 is 5.93. The predicted molar refractivity (Wildman–Crippen MR) is 67.5 cm³/mol. The minimum absolute atomic E-state index is 0.00711. The predicted octanol–water partition coefficient (Wildman–Crippen LogP) is 1.24. The van der Waals surface area contributed by atoms with E-state index in [2.05, 4.69) is 5.32 Å². The van der Waals surface area contributed by atoms with Crippen LogP contribution >= 0.6 is 11.6 Å². The van der Waals surface area contributed by atoms with Crippen LogP contribution in [0.3, 0.4) is 0 Å². The molecule has 2 aliphatic heterocycles. The first-order valence-corrected chi connectivity index (χ1v) is 6.48. The van der Waals surface area contributed by atoms with Crippen molar-refractivity contribution in [2.75, 3.05) is 0 Å². The maximum atomic E-state index is 13.8. The molecule has 0 aliphatic carbocycles. The molecule has 20 heavy (non-hydrogen) atoms. The molecule has 1 atom stereocenters. The molecule has 1 N–H and O–H groups in total. The average molecular weight is 297 g/mol. The van der Waals surface area contributed by atoms with E-state index in [1.54, 1.807) is 0 Å². The molecule has 7 heteroatoms. The van der Waals surface area contributed by atoms with Crippen molar-refractivity contribution < 1.29 is 18.8 Å². The summed E-state index contributed by atoms with van der Waals surface area (Å²) in [5, 5.41) is 2.35. The molecule has 3 rings (SSSR count). The van der Waals surface area contributed by atoms with Gasteiger partial charge in [-0.15, -0.1) is 0 Å². The van der Waals surface area contributed by atoms with Gasteiger partial charge in [0.15, 0.2) is 0 Å². The summed E-state index contributed by atoms with van der Waals surface area (Å²) < 4.78 is 13.8. The van der Waals surface area contributed by atoms with Crippen LogP contribution in [0.4, 0.5) is 4.39 Å². The van der Waals surface area contributed by atoms with Crippen molar-refractivity contribution in [3.05, 3.63) is 34.1 Å². The number of amides is 3. The maximum absolute atomic E-state index is 13.8. The molecule has 104 valence electrons. The quantitative estimate of drug-likeness (QED) is 0.793.